The van der Waals surface area contributed by atoms with E-state index in [4.69, 9.17) is 0 Å². The van der Waals surface area contributed by atoms with Crippen molar-refractivity contribution < 1.29 is 18.8 Å². The summed E-state index contributed by atoms with van der Waals surface area (Å²) in [5, 5.41) is 7.90. The highest BCUT2D eigenvalue weighted by Crippen LogP contribution is 2.37. The first kappa shape index (κ1) is 32.9. The lowest BCUT2D eigenvalue weighted by Gasteiger charge is -2.18. The molecule has 0 aromatic heterocycles. The van der Waals surface area contributed by atoms with Crippen LogP contribution in [0.4, 0.5) is 15.8 Å². The van der Waals surface area contributed by atoms with Crippen molar-refractivity contribution in [3.05, 3.63) is 167 Å². The molecule has 0 aliphatic heterocycles. The number of thioether (sulfide) groups is 1. The molecule has 0 aliphatic carbocycles. The number of rotatable bonds is 11. The van der Waals surface area contributed by atoms with Crippen LogP contribution in [-0.4, -0.2) is 17.7 Å². The summed E-state index contributed by atoms with van der Waals surface area (Å²) in [7, 11) is 0. The third kappa shape index (κ3) is 9.05. The second-order valence-corrected chi connectivity index (χ2v) is 12.2. The molecule has 3 N–H and O–H groups in total. The van der Waals surface area contributed by atoms with Crippen LogP contribution in [-0.2, 0) is 9.59 Å². The Morgan fingerprint density at radius 2 is 1.34 bits per heavy atom. The van der Waals surface area contributed by atoms with Gasteiger partial charge in [-0.05, 0) is 71.7 Å². The van der Waals surface area contributed by atoms with Crippen LogP contribution in [0.5, 0.6) is 0 Å². The Bertz CT molecular complexity index is 1880. The third-order valence-electron chi connectivity index (χ3n) is 7.27. The lowest BCUT2D eigenvalue weighted by molar-refractivity contribution is -0.116. The molecule has 6 nitrogen and oxygen atoms in total. The molecule has 0 bridgehead atoms. The third-order valence-corrected chi connectivity index (χ3v) is 8.51. The van der Waals surface area contributed by atoms with Gasteiger partial charge in [0, 0.05) is 27.4 Å². The van der Waals surface area contributed by atoms with E-state index >= 15 is 0 Å². The van der Waals surface area contributed by atoms with E-state index in [0.717, 1.165) is 10.5 Å². The van der Waals surface area contributed by atoms with Gasteiger partial charge in [-0.15, -0.1) is 11.8 Å². The lowest BCUT2D eigenvalue weighted by Crippen LogP contribution is -2.30. The molecule has 5 rings (SSSR count). The minimum Gasteiger partial charge on any atom is -0.325 e. The zero-order valence-corrected chi connectivity index (χ0v) is 26.8. The van der Waals surface area contributed by atoms with Crippen molar-refractivity contribution >= 4 is 46.9 Å². The summed E-state index contributed by atoms with van der Waals surface area (Å²) in [5.74, 6) is -1.49. The first-order chi connectivity index (χ1) is 22.8. The Morgan fingerprint density at radius 1 is 0.681 bits per heavy atom. The number of amides is 3. The maximum absolute atomic E-state index is 14.5. The predicted octanol–water partition coefficient (Wildman–Crippen LogP) is 8.83. The molecule has 0 radical (unpaired) electrons. The van der Waals surface area contributed by atoms with Gasteiger partial charge in [0.15, 0.2) is 0 Å². The van der Waals surface area contributed by atoms with E-state index in [0.29, 0.717) is 22.9 Å². The molecule has 47 heavy (non-hydrogen) atoms. The Labute approximate surface area is 278 Å². The highest BCUT2D eigenvalue weighted by Gasteiger charge is 2.23. The van der Waals surface area contributed by atoms with E-state index in [1.54, 1.807) is 60.7 Å². The van der Waals surface area contributed by atoms with Crippen LogP contribution in [0.1, 0.15) is 52.1 Å². The summed E-state index contributed by atoms with van der Waals surface area (Å²) < 4.78 is 14.5. The average molecular weight is 644 g/mol. The molecule has 0 heterocycles. The van der Waals surface area contributed by atoms with Crippen molar-refractivity contribution in [3.8, 4) is 0 Å². The van der Waals surface area contributed by atoms with Crippen molar-refractivity contribution in [3.63, 3.8) is 0 Å². The van der Waals surface area contributed by atoms with E-state index in [-0.39, 0.29) is 17.2 Å². The minimum atomic E-state index is -0.637. The van der Waals surface area contributed by atoms with Crippen LogP contribution in [0.3, 0.4) is 0 Å². The summed E-state index contributed by atoms with van der Waals surface area (Å²) in [6.45, 7) is 4.24. The number of hydrogen-bond donors (Lipinski definition) is 3. The summed E-state index contributed by atoms with van der Waals surface area (Å²) in [4.78, 5) is 40.9. The normalized spacial score (nSPS) is 11.9. The topological polar surface area (TPSA) is 87.3 Å². The van der Waals surface area contributed by atoms with Crippen LogP contribution in [0, 0.1) is 5.82 Å². The van der Waals surface area contributed by atoms with Crippen molar-refractivity contribution in [1.82, 2.24) is 5.32 Å². The fourth-order valence-electron chi connectivity index (χ4n) is 4.73. The summed E-state index contributed by atoms with van der Waals surface area (Å²) in [6.07, 6.45) is 1.30. The van der Waals surface area contributed by atoms with E-state index in [1.165, 1.54) is 35.5 Å². The Hall–Kier alpha value is -5.47. The SMILES string of the molecule is CC(C)c1ccc(NC(=O)C(Sc2cccc(NC(=O)/C(=C/c3ccccc3F)NC(=O)c3ccccc3)c2)c2ccccc2)cc1. The maximum Gasteiger partial charge on any atom is 0.272 e. The molecule has 0 fully saturated rings. The van der Waals surface area contributed by atoms with Crippen molar-refractivity contribution in [2.24, 2.45) is 0 Å². The Morgan fingerprint density at radius 3 is 2.02 bits per heavy atom. The maximum atomic E-state index is 14.5. The van der Waals surface area contributed by atoms with Gasteiger partial charge in [-0.3, -0.25) is 14.4 Å². The second-order valence-electron chi connectivity index (χ2n) is 11.1. The monoisotopic (exact) mass is 643 g/mol. The molecule has 5 aromatic carbocycles. The molecular weight excluding hydrogens is 610 g/mol. The molecule has 0 saturated carbocycles. The summed E-state index contributed by atoms with van der Waals surface area (Å²) in [6, 6.07) is 38.8. The first-order valence-electron chi connectivity index (χ1n) is 15.1. The molecule has 5 aromatic rings. The molecule has 0 spiro atoms. The quantitative estimate of drug-likeness (QED) is 0.0992. The number of nitrogens with one attached hydrogen (secondary N) is 3. The Kier molecular flexibility index (Phi) is 11.0. The number of carbonyl (C=O) groups excluding carboxylic acids is 3. The molecule has 1 atom stereocenters. The average Bonchev–Trinajstić information content (AvgIpc) is 3.09. The zero-order valence-electron chi connectivity index (χ0n) is 25.9. The van der Waals surface area contributed by atoms with Crippen LogP contribution in [0.2, 0.25) is 0 Å². The lowest BCUT2D eigenvalue weighted by atomic mass is 10.0. The van der Waals surface area contributed by atoms with Crippen LogP contribution >= 0.6 is 11.8 Å². The predicted molar refractivity (Wildman–Crippen MR) is 188 cm³/mol. The summed E-state index contributed by atoms with van der Waals surface area (Å²) in [5.41, 5.74) is 3.50. The van der Waals surface area contributed by atoms with Gasteiger partial charge in [0.05, 0.1) is 0 Å². The highest BCUT2D eigenvalue weighted by molar-refractivity contribution is 8.00. The van der Waals surface area contributed by atoms with Crippen molar-refractivity contribution in [2.75, 3.05) is 10.6 Å². The minimum absolute atomic E-state index is 0.132. The van der Waals surface area contributed by atoms with Gasteiger partial charge in [-0.2, -0.15) is 0 Å². The van der Waals surface area contributed by atoms with Crippen LogP contribution in [0.25, 0.3) is 6.08 Å². The fourth-order valence-corrected chi connectivity index (χ4v) is 5.82. The van der Waals surface area contributed by atoms with Gasteiger partial charge < -0.3 is 16.0 Å². The Balaban J connectivity index is 1.37. The van der Waals surface area contributed by atoms with E-state index in [2.05, 4.69) is 29.8 Å². The molecule has 0 aliphatic rings. The molecule has 1 unspecified atom stereocenters. The summed E-state index contributed by atoms with van der Waals surface area (Å²) >= 11 is 1.34. The largest absolute Gasteiger partial charge is 0.325 e. The van der Waals surface area contributed by atoms with Gasteiger partial charge in [0.1, 0.15) is 16.8 Å². The van der Waals surface area contributed by atoms with E-state index < -0.39 is 22.9 Å². The van der Waals surface area contributed by atoms with Crippen LogP contribution in [0.15, 0.2) is 144 Å². The van der Waals surface area contributed by atoms with Crippen molar-refractivity contribution in [1.29, 1.82) is 0 Å². The standard InChI is InChI=1S/C39H34FN3O3S/c1-26(2)27-20-22-31(23-21-27)41-39(46)36(28-12-5-3-6-13-28)47-33-18-11-17-32(25-33)42-38(45)35(24-30-16-9-10-19-34(30)40)43-37(44)29-14-7-4-8-15-29/h3-26,36H,1-2H3,(H,41,46)(H,42,45)(H,43,44)/b35-24-. The first-order valence-corrected chi connectivity index (χ1v) is 16.0. The second kappa shape index (κ2) is 15.7. The highest BCUT2D eigenvalue weighted by atomic mass is 32.2. The fraction of sp³-hybridized carbons (Fsp3) is 0.103. The number of benzene rings is 5. The van der Waals surface area contributed by atoms with Gasteiger partial charge in [-0.25, -0.2) is 4.39 Å². The van der Waals surface area contributed by atoms with Gasteiger partial charge >= 0.3 is 0 Å². The molecule has 8 heteroatoms. The number of carbonyl (C=O) groups is 3. The molecule has 236 valence electrons. The van der Waals surface area contributed by atoms with E-state index in [9.17, 15) is 18.8 Å². The van der Waals surface area contributed by atoms with Crippen LogP contribution < -0.4 is 16.0 Å². The van der Waals surface area contributed by atoms with Gasteiger partial charge in [0.25, 0.3) is 11.8 Å². The molecule has 0 saturated heterocycles. The van der Waals surface area contributed by atoms with E-state index in [1.807, 2.05) is 60.7 Å². The number of hydrogen-bond acceptors (Lipinski definition) is 4. The number of halogens is 1. The number of anilines is 2. The molecular formula is C39H34FN3O3S. The smallest absolute Gasteiger partial charge is 0.272 e. The van der Waals surface area contributed by atoms with Gasteiger partial charge in [0.2, 0.25) is 5.91 Å². The zero-order chi connectivity index (χ0) is 33.2. The van der Waals surface area contributed by atoms with Crippen molar-refractivity contribution in [2.45, 2.75) is 29.9 Å². The van der Waals surface area contributed by atoms with Gasteiger partial charge in [-0.1, -0.05) is 98.8 Å². The molecule has 3 amide bonds.